The second kappa shape index (κ2) is 43.7. The van der Waals surface area contributed by atoms with Gasteiger partial charge >= 0.3 is 11.9 Å². The summed E-state index contributed by atoms with van der Waals surface area (Å²) in [7, 11) is 5.42. The quantitative estimate of drug-likeness (QED) is 0.0260. The molecule has 0 aromatic heterocycles. The van der Waals surface area contributed by atoms with Gasteiger partial charge < -0.3 is 28.6 Å². The fraction of sp³-hybridized carbons (Fsp3) is 0.904. The average Bonchev–Trinajstić information content (AvgIpc) is 3.21. The minimum Gasteiger partial charge on any atom is -0.544 e. The van der Waals surface area contributed by atoms with Crippen molar-refractivity contribution in [1.29, 1.82) is 0 Å². The maximum atomic E-state index is 12.8. The van der Waals surface area contributed by atoms with Crippen molar-refractivity contribution < 1.29 is 38.2 Å². The van der Waals surface area contributed by atoms with Crippen LogP contribution in [0, 0.1) is 0 Å². The van der Waals surface area contributed by atoms with Crippen LogP contribution in [0.15, 0.2) is 12.2 Å². The lowest BCUT2D eigenvalue weighted by molar-refractivity contribution is -0.889. The molecule has 354 valence electrons. The Morgan fingerprint density at radius 2 is 0.833 bits per heavy atom. The van der Waals surface area contributed by atoms with Gasteiger partial charge in [0, 0.05) is 19.3 Å². The van der Waals surface area contributed by atoms with E-state index in [1.807, 2.05) is 21.1 Å². The molecule has 0 aliphatic carbocycles. The van der Waals surface area contributed by atoms with Gasteiger partial charge in [-0.2, -0.15) is 0 Å². The number of carbonyl (C=O) groups is 3. The van der Waals surface area contributed by atoms with Gasteiger partial charge in [0.15, 0.2) is 6.10 Å². The third-order valence-electron chi connectivity index (χ3n) is 11.9. The summed E-state index contributed by atoms with van der Waals surface area (Å²) in [6, 6.07) is -0.723. The van der Waals surface area contributed by atoms with Crippen molar-refractivity contribution in [3.05, 3.63) is 12.2 Å². The molecule has 0 radical (unpaired) electrons. The first-order valence-electron chi connectivity index (χ1n) is 25.7. The van der Waals surface area contributed by atoms with Gasteiger partial charge in [-0.05, 0) is 38.5 Å². The van der Waals surface area contributed by atoms with Gasteiger partial charge in [-0.25, -0.2) is 0 Å². The topological polar surface area (TPSA) is 102 Å². The van der Waals surface area contributed by atoms with Gasteiger partial charge in [-0.15, -0.1) is 0 Å². The van der Waals surface area contributed by atoms with Crippen LogP contribution in [0.1, 0.15) is 251 Å². The first kappa shape index (κ1) is 58.1. The SMILES string of the molecule is CCCCCCCC/C=C/CCCCCCCCCC(=O)OC(COCCC(C(=O)[O-])[N+](C)(C)C)COC(=O)CCCCCCCCCCCCCCCCCCCCC. The highest BCUT2D eigenvalue weighted by Crippen LogP contribution is 2.16. The van der Waals surface area contributed by atoms with Gasteiger partial charge in [0.2, 0.25) is 0 Å². The van der Waals surface area contributed by atoms with Crippen LogP contribution in [0.3, 0.4) is 0 Å². The van der Waals surface area contributed by atoms with Gasteiger partial charge in [0.1, 0.15) is 12.6 Å². The highest BCUT2D eigenvalue weighted by Gasteiger charge is 2.25. The molecule has 0 aromatic carbocycles. The molecule has 0 N–H and O–H groups in total. The molecule has 0 amide bonds. The molecule has 0 heterocycles. The third kappa shape index (κ3) is 41.4. The largest absolute Gasteiger partial charge is 0.544 e. The normalized spacial score (nSPS) is 12.9. The van der Waals surface area contributed by atoms with Gasteiger partial charge in [0.25, 0.3) is 0 Å². The number of nitrogens with zero attached hydrogens (tertiary/aromatic N) is 1. The maximum absolute atomic E-state index is 12.8. The van der Waals surface area contributed by atoms with Gasteiger partial charge in [-0.1, -0.05) is 206 Å². The summed E-state index contributed by atoms with van der Waals surface area (Å²) in [5.41, 5.74) is 0. The second-order valence-electron chi connectivity index (χ2n) is 18.8. The van der Waals surface area contributed by atoms with E-state index in [0.717, 1.165) is 38.5 Å². The minimum absolute atomic E-state index is 0.0451. The highest BCUT2D eigenvalue weighted by molar-refractivity contribution is 5.70. The van der Waals surface area contributed by atoms with Crippen LogP contribution in [0.5, 0.6) is 0 Å². The zero-order chi connectivity index (χ0) is 44.2. The Bertz CT molecular complexity index is 993. The molecule has 0 fully saturated rings. The Labute approximate surface area is 371 Å². The number of hydrogen-bond acceptors (Lipinski definition) is 7. The molecule has 8 heteroatoms. The van der Waals surface area contributed by atoms with Crippen LogP contribution in [-0.2, 0) is 28.6 Å². The molecular formula is C52H99NO7. The van der Waals surface area contributed by atoms with Gasteiger partial charge in [-0.3, -0.25) is 9.59 Å². The number of quaternary nitrogens is 1. The number of rotatable bonds is 47. The molecule has 0 saturated carbocycles. The van der Waals surface area contributed by atoms with Crippen LogP contribution < -0.4 is 5.11 Å². The van der Waals surface area contributed by atoms with Crippen LogP contribution in [0.2, 0.25) is 0 Å². The lowest BCUT2D eigenvalue weighted by Crippen LogP contribution is -2.55. The van der Waals surface area contributed by atoms with Crippen molar-refractivity contribution in [3.63, 3.8) is 0 Å². The fourth-order valence-electron chi connectivity index (χ4n) is 7.89. The number of unbranched alkanes of at least 4 members (excludes halogenated alkanes) is 31. The van der Waals surface area contributed by atoms with Gasteiger partial charge in [0.05, 0.1) is 40.3 Å². The number of ether oxygens (including phenoxy) is 3. The Kier molecular flexibility index (Phi) is 42.3. The number of hydrogen-bond donors (Lipinski definition) is 0. The van der Waals surface area contributed by atoms with Crippen LogP contribution in [0.25, 0.3) is 0 Å². The Hall–Kier alpha value is -1.93. The standard InChI is InChI=1S/C52H99NO7/c1-6-8-10-12-14-16-18-20-22-24-25-27-28-30-32-34-36-38-40-42-50(54)59-47-48(46-58-45-44-49(52(56)57)53(3,4)5)60-51(55)43-41-39-37-35-33-31-29-26-23-21-19-17-15-13-11-9-7-2/h21,23,48-49H,6-20,22,24-47H2,1-5H3/b23-21+. The molecule has 0 bridgehead atoms. The Balaban J connectivity index is 4.21. The Morgan fingerprint density at radius 3 is 1.20 bits per heavy atom. The predicted octanol–water partition coefficient (Wildman–Crippen LogP) is 13.3. The molecule has 8 nitrogen and oxygen atoms in total. The van der Waals surface area contributed by atoms with Crippen molar-refractivity contribution in [2.45, 2.75) is 264 Å². The van der Waals surface area contributed by atoms with E-state index in [9.17, 15) is 19.5 Å². The Morgan fingerprint density at radius 1 is 0.483 bits per heavy atom. The van der Waals surface area contributed by atoms with E-state index in [1.165, 1.54) is 180 Å². The first-order chi connectivity index (χ1) is 29.1. The zero-order valence-corrected chi connectivity index (χ0v) is 40.4. The summed E-state index contributed by atoms with van der Waals surface area (Å²) in [5, 5.41) is 11.7. The minimum atomic E-state index is -1.12. The first-order valence-corrected chi connectivity index (χ1v) is 25.7. The predicted molar refractivity (Wildman–Crippen MR) is 250 cm³/mol. The van der Waals surface area contributed by atoms with E-state index in [4.69, 9.17) is 14.2 Å². The lowest BCUT2D eigenvalue weighted by Gasteiger charge is -2.34. The summed E-state index contributed by atoms with van der Waals surface area (Å²) >= 11 is 0. The molecule has 0 aliphatic heterocycles. The summed E-state index contributed by atoms with van der Waals surface area (Å²) < 4.78 is 17.3. The third-order valence-corrected chi connectivity index (χ3v) is 11.9. The van der Waals surface area contributed by atoms with E-state index in [1.54, 1.807) is 0 Å². The van der Waals surface area contributed by atoms with Crippen molar-refractivity contribution in [3.8, 4) is 0 Å². The molecule has 0 saturated heterocycles. The van der Waals surface area contributed by atoms with Crippen LogP contribution in [0.4, 0.5) is 0 Å². The van der Waals surface area contributed by atoms with E-state index in [-0.39, 0.29) is 42.7 Å². The second-order valence-corrected chi connectivity index (χ2v) is 18.8. The molecule has 0 spiro atoms. The van der Waals surface area contributed by atoms with E-state index < -0.39 is 18.1 Å². The number of likely N-dealkylation sites (N-methyl/N-ethyl adjacent to an activating group) is 1. The lowest BCUT2D eigenvalue weighted by atomic mass is 10.0. The summed E-state index contributed by atoms with van der Waals surface area (Å²) in [6.07, 6.45) is 48.1. The number of allylic oxidation sites excluding steroid dienone is 2. The molecule has 2 unspecified atom stereocenters. The number of carboxylic acids is 1. The molecule has 60 heavy (non-hydrogen) atoms. The number of carboxylic acid groups (broad SMARTS) is 1. The smallest absolute Gasteiger partial charge is 0.306 e. The number of carbonyl (C=O) groups excluding carboxylic acids is 3. The summed E-state index contributed by atoms with van der Waals surface area (Å²) in [6.45, 7) is 4.70. The van der Waals surface area contributed by atoms with E-state index in [2.05, 4.69) is 26.0 Å². The number of aliphatic carboxylic acids is 1. The summed E-state index contributed by atoms with van der Waals surface area (Å²) in [4.78, 5) is 37.0. The fourth-order valence-corrected chi connectivity index (χ4v) is 7.89. The van der Waals surface area contributed by atoms with Crippen LogP contribution >= 0.6 is 0 Å². The zero-order valence-electron chi connectivity index (χ0n) is 40.4. The van der Waals surface area contributed by atoms with Crippen molar-refractivity contribution >= 4 is 17.9 Å². The average molecular weight is 850 g/mol. The molecule has 0 rings (SSSR count). The van der Waals surface area contributed by atoms with Crippen molar-refractivity contribution in [2.75, 3.05) is 41.0 Å². The van der Waals surface area contributed by atoms with Crippen molar-refractivity contribution in [1.82, 2.24) is 0 Å². The maximum Gasteiger partial charge on any atom is 0.306 e. The van der Waals surface area contributed by atoms with E-state index >= 15 is 0 Å². The van der Waals surface area contributed by atoms with Crippen molar-refractivity contribution in [2.24, 2.45) is 0 Å². The highest BCUT2D eigenvalue weighted by atomic mass is 16.6. The summed E-state index contributed by atoms with van der Waals surface area (Å²) in [5.74, 6) is -1.72. The molecule has 0 aliphatic rings. The number of esters is 2. The monoisotopic (exact) mass is 850 g/mol. The molecule has 2 atom stereocenters. The van der Waals surface area contributed by atoms with Crippen LogP contribution in [-0.4, -0.2) is 75.5 Å². The molecule has 0 aromatic rings. The van der Waals surface area contributed by atoms with E-state index in [0.29, 0.717) is 12.8 Å². The molecular weight excluding hydrogens is 751 g/mol.